The van der Waals surface area contributed by atoms with Crippen LogP contribution in [0.1, 0.15) is 19.3 Å². The highest BCUT2D eigenvalue weighted by Crippen LogP contribution is 2.25. The van der Waals surface area contributed by atoms with Gasteiger partial charge in [-0.3, -0.25) is 4.72 Å². The summed E-state index contributed by atoms with van der Waals surface area (Å²) in [6.45, 7) is 0.838. The second-order valence-electron chi connectivity index (χ2n) is 4.58. The van der Waals surface area contributed by atoms with Crippen LogP contribution in [0.15, 0.2) is 24.3 Å². The van der Waals surface area contributed by atoms with E-state index in [9.17, 15) is 8.42 Å². The van der Waals surface area contributed by atoms with Crippen LogP contribution < -0.4 is 10.5 Å². The minimum Gasteiger partial charge on any atom is -0.329 e. The number of hydrogen-bond acceptors (Lipinski definition) is 3. The summed E-state index contributed by atoms with van der Waals surface area (Å²) in [6.07, 6.45) is 2.68. The zero-order chi connectivity index (χ0) is 13.9. The largest absolute Gasteiger partial charge is 0.329 e. The Kier molecular flexibility index (Phi) is 4.67. The number of nitrogens with two attached hydrogens (primary N) is 1. The van der Waals surface area contributed by atoms with Crippen molar-refractivity contribution < 1.29 is 8.42 Å². The molecular formula is C12H18ClN3O2S. The molecule has 0 saturated carbocycles. The summed E-state index contributed by atoms with van der Waals surface area (Å²) in [4.78, 5) is 0. The number of anilines is 1. The normalized spacial score (nSPS) is 21.3. The predicted octanol–water partition coefficient (Wildman–Crippen LogP) is 1.81. The monoisotopic (exact) mass is 303 g/mol. The molecule has 1 saturated heterocycles. The molecule has 0 amide bonds. The Labute approximate surface area is 118 Å². The van der Waals surface area contributed by atoms with E-state index >= 15 is 0 Å². The number of para-hydroxylation sites is 1. The Morgan fingerprint density at radius 2 is 2.11 bits per heavy atom. The van der Waals surface area contributed by atoms with E-state index < -0.39 is 10.2 Å². The minimum absolute atomic E-state index is 0.131. The first kappa shape index (κ1) is 14.6. The molecular weight excluding hydrogens is 286 g/mol. The topological polar surface area (TPSA) is 75.4 Å². The van der Waals surface area contributed by atoms with Gasteiger partial charge in [0.1, 0.15) is 0 Å². The zero-order valence-corrected chi connectivity index (χ0v) is 12.1. The summed E-state index contributed by atoms with van der Waals surface area (Å²) < 4.78 is 28.7. The average Bonchev–Trinajstić information content (AvgIpc) is 2.41. The standard InChI is InChI=1S/C12H18ClN3O2S/c13-11-6-1-2-7-12(11)15-19(17,18)16-8-4-3-5-10(16)9-14/h1-2,6-7,10,15H,3-5,8-9,14H2. The lowest BCUT2D eigenvalue weighted by Gasteiger charge is -2.33. The molecule has 19 heavy (non-hydrogen) atoms. The van der Waals surface area contributed by atoms with Crippen LogP contribution in [0, 0.1) is 0 Å². The van der Waals surface area contributed by atoms with Crippen molar-refractivity contribution >= 4 is 27.5 Å². The lowest BCUT2D eigenvalue weighted by atomic mass is 10.1. The summed E-state index contributed by atoms with van der Waals surface area (Å²) in [6, 6.07) is 6.65. The van der Waals surface area contributed by atoms with Gasteiger partial charge in [0.2, 0.25) is 0 Å². The fourth-order valence-electron chi connectivity index (χ4n) is 2.27. The molecule has 0 bridgehead atoms. The van der Waals surface area contributed by atoms with Crippen molar-refractivity contribution in [1.82, 2.24) is 4.31 Å². The van der Waals surface area contributed by atoms with Crippen molar-refractivity contribution in [1.29, 1.82) is 0 Å². The molecule has 7 heteroatoms. The Morgan fingerprint density at radius 1 is 1.37 bits per heavy atom. The smallest absolute Gasteiger partial charge is 0.301 e. The molecule has 1 atom stereocenters. The molecule has 106 valence electrons. The summed E-state index contributed by atoms with van der Waals surface area (Å²) in [5.74, 6) is 0. The number of nitrogens with one attached hydrogen (secondary N) is 1. The van der Waals surface area contributed by atoms with Gasteiger partial charge in [0.15, 0.2) is 0 Å². The van der Waals surface area contributed by atoms with Gasteiger partial charge >= 0.3 is 10.2 Å². The molecule has 1 aromatic carbocycles. The predicted molar refractivity (Wildman–Crippen MR) is 77.4 cm³/mol. The highest BCUT2D eigenvalue weighted by atomic mass is 35.5. The molecule has 1 fully saturated rings. The van der Waals surface area contributed by atoms with Gasteiger partial charge in [-0.2, -0.15) is 12.7 Å². The third-order valence-electron chi connectivity index (χ3n) is 3.27. The van der Waals surface area contributed by atoms with E-state index in [1.54, 1.807) is 24.3 Å². The van der Waals surface area contributed by atoms with Gasteiger partial charge in [-0.25, -0.2) is 0 Å². The Balaban J connectivity index is 2.20. The van der Waals surface area contributed by atoms with Crippen LogP contribution in [-0.2, 0) is 10.2 Å². The van der Waals surface area contributed by atoms with Crippen molar-refractivity contribution in [2.45, 2.75) is 25.3 Å². The molecule has 2 rings (SSSR count). The highest BCUT2D eigenvalue weighted by molar-refractivity contribution is 7.90. The Morgan fingerprint density at radius 3 is 2.79 bits per heavy atom. The average molecular weight is 304 g/mol. The molecule has 0 aromatic heterocycles. The second kappa shape index (κ2) is 6.09. The maximum Gasteiger partial charge on any atom is 0.301 e. The van der Waals surface area contributed by atoms with Crippen LogP contribution in [0.4, 0.5) is 5.69 Å². The first-order valence-corrected chi connectivity index (χ1v) is 8.10. The summed E-state index contributed by atoms with van der Waals surface area (Å²) in [5.41, 5.74) is 6.05. The maximum absolute atomic E-state index is 12.4. The molecule has 0 spiro atoms. The quantitative estimate of drug-likeness (QED) is 0.890. The van der Waals surface area contributed by atoms with E-state index in [0.29, 0.717) is 23.8 Å². The molecule has 1 aliphatic heterocycles. The Hall–Kier alpha value is -0.820. The van der Waals surface area contributed by atoms with Gasteiger partial charge in [-0.15, -0.1) is 0 Å². The van der Waals surface area contributed by atoms with Gasteiger partial charge in [0.25, 0.3) is 0 Å². The van der Waals surface area contributed by atoms with Gasteiger partial charge < -0.3 is 5.73 Å². The van der Waals surface area contributed by atoms with Gasteiger partial charge in [0.05, 0.1) is 10.7 Å². The van der Waals surface area contributed by atoms with E-state index in [1.807, 2.05) is 0 Å². The number of rotatable bonds is 4. The van der Waals surface area contributed by atoms with Crippen molar-refractivity contribution in [2.75, 3.05) is 17.8 Å². The third kappa shape index (κ3) is 3.39. The fourth-order valence-corrected chi connectivity index (χ4v) is 4.03. The van der Waals surface area contributed by atoms with Crippen LogP contribution in [0.5, 0.6) is 0 Å². The van der Waals surface area contributed by atoms with Crippen molar-refractivity contribution in [3.05, 3.63) is 29.3 Å². The van der Waals surface area contributed by atoms with Crippen LogP contribution in [-0.4, -0.2) is 31.9 Å². The van der Waals surface area contributed by atoms with Gasteiger partial charge in [-0.05, 0) is 25.0 Å². The molecule has 1 aromatic rings. The van der Waals surface area contributed by atoms with Crippen molar-refractivity contribution in [2.24, 2.45) is 5.73 Å². The fraction of sp³-hybridized carbons (Fsp3) is 0.500. The van der Waals surface area contributed by atoms with Crippen LogP contribution in [0.3, 0.4) is 0 Å². The molecule has 1 unspecified atom stereocenters. The van der Waals surface area contributed by atoms with Crippen LogP contribution in [0.2, 0.25) is 5.02 Å². The zero-order valence-electron chi connectivity index (χ0n) is 10.5. The number of nitrogens with zero attached hydrogens (tertiary/aromatic N) is 1. The molecule has 5 nitrogen and oxygen atoms in total. The summed E-state index contributed by atoms with van der Waals surface area (Å²) >= 11 is 5.97. The number of halogens is 1. The molecule has 1 heterocycles. The number of piperidine rings is 1. The number of hydrogen-bond donors (Lipinski definition) is 2. The van der Waals surface area contributed by atoms with Gasteiger partial charge in [0, 0.05) is 19.1 Å². The van der Waals surface area contributed by atoms with Crippen LogP contribution >= 0.6 is 11.6 Å². The van der Waals surface area contributed by atoms with Crippen molar-refractivity contribution in [3.8, 4) is 0 Å². The van der Waals surface area contributed by atoms with E-state index in [4.69, 9.17) is 17.3 Å². The van der Waals surface area contributed by atoms with E-state index in [2.05, 4.69) is 4.72 Å². The molecule has 0 radical (unpaired) electrons. The van der Waals surface area contributed by atoms with Gasteiger partial charge in [-0.1, -0.05) is 30.2 Å². The number of benzene rings is 1. The first-order chi connectivity index (χ1) is 9.04. The first-order valence-electron chi connectivity index (χ1n) is 6.29. The Bertz CT molecular complexity index is 536. The van der Waals surface area contributed by atoms with E-state index in [-0.39, 0.29) is 6.04 Å². The molecule has 3 N–H and O–H groups in total. The minimum atomic E-state index is -3.60. The SMILES string of the molecule is NCC1CCCCN1S(=O)(=O)Nc1ccccc1Cl. The lowest BCUT2D eigenvalue weighted by molar-refractivity contribution is 0.259. The summed E-state index contributed by atoms with van der Waals surface area (Å²) in [5, 5.41) is 0.382. The third-order valence-corrected chi connectivity index (χ3v) is 5.17. The second-order valence-corrected chi connectivity index (χ2v) is 6.61. The summed E-state index contributed by atoms with van der Waals surface area (Å²) in [7, 11) is -3.60. The van der Waals surface area contributed by atoms with Crippen molar-refractivity contribution in [3.63, 3.8) is 0 Å². The highest BCUT2D eigenvalue weighted by Gasteiger charge is 2.31. The van der Waals surface area contributed by atoms with E-state index in [1.165, 1.54) is 4.31 Å². The van der Waals surface area contributed by atoms with Crippen LogP contribution in [0.25, 0.3) is 0 Å². The van der Waals surface area contributed by atoms with E-state index in [0.717, 1.165) is 19.3 Å². The molecule has 1 aliphatic rings. The molecule has 0 aliphatic carbocycles. The maximum atomic E-state index is 12.4. The lowest BCUT2D eigenvalue weighted by Crippen LogP contribution is -2.49.